The predicted molar refractivity (Wildman–Crippen MR) is 107 cm³/mol. The van der Waals surface area contributed by atoms with Crippen molar-refractivity contribution in [3.63, 3.8) is 0 Å². The Kier molecular flexibility index (Phi) is 11.2. The molecule has 1 aromatic carbocycles. The summed E-state index contributed by atoms with van der Waals surface area (Å²) in [6.45, 7) is 2.52. The van der Waals surface area contributed by atoms with E-state index >= 15 is 0 Å². The van der Waals surface area contributed by atoms with E-state index in [9.17, 15) is 14.4 Å². The average molecular weight is 396 g/mol. The molecule has 150 valence electrons. The molecule has 0 aliphatic rings. The Morgan fingerprint density at radius 2 is 1.74 bits per heavy atom. The number of unbranched alkanes of at least 4 members (excludes halogenated alkanes) is 4. The van der Waals surface area contributed by atoms with Gasteiger partial charge in [0.25, 0.3) is 0 Å². The lowest BCUT2D eigenvalue weighted by atomic mass is 10.1. The van der Waals surface area contributed by atoms with Crippen LogP contribution in [0.25, 0.3) is 0 Å². The van der Waals surface area contributed by atoms with Crippen molar-refractivity contribution in [2.75, 3.05) is 6.54 Å². The van der Waals surface area contributed by atoms with Gasteiger partial charge in [-0.1, -0.05) is 56.3 Å². The molecular formula is C20H30ClN3O3. The summed E-state index contributed by atoms with van der Waals surface area (Å²) in [5.41, 5.74) is 6.24. The largest absolute Gasteiger partial charge is 0.370 e. The van der Waals surface area contributed by atoms with Crippen LogP contribution in [0.2, 0.25) is 5.02 Å². The summed E-state index contributed by atoms with van der Waals surface area (Å²) in [6, 6.07) is 6.41. The van der Waals surface area contributed by atoms with E-state index in [0.717, 1.165) is 37.7 Å². The Labute approximate surface area is 166 Å². The number of hydrogen-bond acceptors (Lipinski definition) is 3. The lowest BCUT2D eigenvalue weighted by Crippen LogP contribution is -2.48. The second kappa shape index (κ2) is 13.1. The van der Waals surface area contributed by atoms with Crippen molar-refractivity contribution in [3.8, 4) is 0 Å². The highest BCUT2D eigenvalue weighted by molar-refractivity contribution is 6.30. The number of benzene rings is 1. The molecule has 0 aliphatic carbocycles. The van der Waals surface area contributed by atoms with Gasteiger partial charge in [0.1, 0.15) is 6.04 Å². The number of rotatable bonds is 13. The smallest absolute Gasteiger partial charge is 0.243 e. The van der Waals surface area contributed by atoms with Crippen LogP contribution in [-0.4, -0.2) is 30.3 Å². The van der Waals surface area contributed by atoms with E-state index in [1.165, 1.54) is 0 Å². The van der Waals surface area contributed by atoms with Crippen LogP contribution in [0.5, 0.6) is 0 Å². The van der Waals surface area contributed by atoms with Gasteiger partial charge in [-0.05, 0) is 30.5 Å². The quantitative estimate of drug-likeness (QED) is 0.447. The Balaban J connectivity index is 2.41. The van der Waals surface area contributed by atoms with Crippen LogP contribution in [0.3, 0.4) is 0 Å². The van der Waals surface area contributed by atoms with Crippen LogP contribution >= 0.6 is 11.6 Å². The van der Waals surface area contributed by atoms with Gasteiger partial charge in [-0.2, -0.15) is 0 Å². The lowest BCUT2D eigenvalue weighted by Gasteiger charge is -2.17. The zero-order valence-corrected chi connectivity index (χ0v) is 16.7. The van der Waals surface area contributed by atoms with Crippen LogP contribution in [0.15, 0.2) is 24.3 Å². The Morgan fingerprint density at radius 1 is 1.07 bits per heavy atom. The van der Waals surface area contributed by atoms with Crippen molar-refractivity contribution in [2.24, 2.45) is 5.73 Å². The third-order valence-electron chi connectivity index (χ3n) is 4.19. The van der Waals surface area contributed by atoms with Gasteiger partial charge < -0.3 is 16.4 Å². The van der Waals surface area contributed by atoms with Crippen molar-refractivity contribution in [1.82, 2.24) is 10.6 Å². The maximum Gasteiger partial charge on any atom is 0.243 e. The second-order valence-corrected chi connectivity index (χ2v) is 7.06. The maximum atomic E-state index is 12.3. The first kappa shape index (κ1) is 23.0. The number of carbonyl (C=O) groups is 3. The fourth-order valence-corrected chi connectivity index (χ4v) is 2.80. The highest BCUT2D eigenvalue weighted by atomic mass is 35.5. The molecule has 7 heteroatoms. The number of carbonyl (C=O) groups excluding carboxylic acids is 3. The molecule has 3 amide bonds. The number of nitrogens with one attached hydrogen (secondary N) is 2. The standard InChI is InChI=1S/C20H30ClN3O3/c1-2-3-4-5-6-7-19(26)24-17(14-18(22)25)20(27)23-13-12-15-8-10-16(21)11-9-15/h8-11,17H,2-7,12-14H2,1H3,(H2,22,25)(H,23,27)(H,24,26)/t17-/m1/s1. The van der Waals surface area contributed by atoms with Gasteiger partial charge in [0, 0.05) is 18.0 Å². The number of amides is 3. The van der Waals surface area contributed by atoms with Crippen molar-refractivity contribution in [3.05, 3.63) is 34.9 Å². The zero-order chi connectivity index (χ0) is 20.1. The Hall–Kier alpha value is -2.08. The van der Waals surface area contributed by atoms with Crippen LogP contribution < -0.4 is 16.4 Å². The van der Waals surface area contributed by atoms with E-state index in [-0.39, 0.29) is 12.3 Å². The number of nitrogens with two attached hydrogens (primary N) is 1. The van der Waals surface area contributed by atoms with Crippen LogP contribution in [0.1, 0.15) is 57.4 Å². The molecule has 0 radical (unpaired) electrons. The topological polar surface area (TPSA) is 101 Å². The normalized spacial score (nSPS) is 11.6. The summed E-state index contributed by atoms with van der Waals surface area (Å²) in [4.78, 5) is 35.6. The molecule has 0 aliphatic heterocycles. The van der Waals surface area contributed by atoms with E-state index in [4.69, 9.17) is 17.3 Å². The second-order valence-electron chi connectivity index (χ2n) is 6.62. The van der Waals surface area contributed by atoms with Crippen molar-refractivity contribution >= 4 is 29.3 Å². The molecule has 0 unspecified atom stereocenters. The molecule has 0 heterocycles. The van der Waals surface area contributed by atoms with Crippen LogP contribution in [-0.2, 0) is 20.8 Å². The monoisotopic (exact) mass is 395 g/mol. The molecule has 1 atom stereocenters. The summed E-state index contributed by atoms with van der Waals surface area (Å²) in [5, 5.41) is 6.03. The summed E-state index contributed by atoms with van der Waals surface area (Å²) < 4.78 is 0. The summed E-state index contributed by atoms with van der Waals surface area (Å²) in [7, 11) is 0. The molecule has 0 bridgehead atoms. The minimum Gasteiger partial charge on any atom is -0.370 e. The molecule has 0 spiro atoms. The number of hydrogen-bond donors (Lipinski definition) is 3. The highest BCUT2D eigenvalue weighted by Crippen LogP contribution is 2.09. The number of halogens is 1. The fraction of sp³-hybridized carbons (Fsp3) is 0.550. The van der Waals surface area contributed by atoms with E-state index in [1.807, 2.05) is 12.1 Å². The zero-order valence-electron chi connectivity index (χ0n) is 15.9. The molecule has 6 nitrogen and oxygen atoms in total. The van der Waals surface area contributed by atoms with Crippen LogP contribution in [0.4, 0.5) is 0 Å². The Morgan fingerprint density at radius 3 is 2.37 bits per heavy atom. The molecule has 0 aromatic heterocycles. The first-order valence-corrected chi connectivity index (χ1v) is 9.90. The van der Waals surface area contributed by atoms with E-state index in [1.54, 1.807) is 12.1 Å². The first-order valence-electron chi connectivity index (χ1n) is 9.52. The third kappa shape index (κ3) is 10.6. The third-order valence-corrected chi connectivity index (χ3v) is 4.44. The van der Waals surface area contributed by atoms with E-state index < -0.39 is 17.9 Å². The molecule has 27 heavy (non-hydrogen) atoms. The highest BCUT2D eigenvalue weighted by Gasteiger charge is 2.22. The van der Waals surface area contributed by atoms with Gasteiger partial charge in [0.05, 0.1) is 6.42 Å². The van der Waals surface area contributed by atoms with Gasteiger partial charge in [-0.3, -0.25) is 14.4 Å². The minimum absolute atomic E-state index is 0.214. The van der Waals surface area contributed by atoms with E-state index in [0.29, 0.717) is 24.4 Å². The van der Waals surface area contributed by atoms with Crippen molar-refractivity contribution < 1.29 is 14.4 Å². The average Bonchev–Trinajstić information content (AvgIpc) is 2.62. The van der Waals surface area contributed by atoms with Crippen molar-refractivity contribution in [1.29, 1.82) is 0 Å². The molecular weight excluding hydrogens is 366 g/mol. The summed E-state index contributed by atoms with van der Waals surface area (Å²) >= 11 is 5.84. The Bertz CT molecular complexity index is 605. The lowest BCUT2D eigenvalue weighted by molar-refractivity contribution is -0.131. The van der Waals surface area contributed by atoms with E-state index in [2.05, 4.69) is 17.6 Å². The predicted octanol–water partition coefficient (Wildman–Crippen LogP) is 2.72. The van der Waals surface area contributed by atoms with Crippen molar-refractivity contribution in [2.45, 2.75) is 64.3 Å². The van der Waals surface area contributed by atoms with Gasteiger partial charge in [-0.15, -0.1) is 0 Å². The summed E-state index contributed by atoms with van der Waals surface area (Å²) in [6.07, 6.45) is 5.90. The molecule has 4 N–H and O–H groups in total. The molecule has 0 saturated heterocycles. The number of primary amides is 1. The van der Waals surface area contributed by atoms with Crippen LogP contribution in [0, 0.1) is 0 Å². The van der Waals surface area contributed by atoms with Gasteiger partial charge >= 0.3 is 0 Å². The molecule has 1 aromatic rings. The molecule has 1 rings (SSSR count). The maximum absolute atomic E-state index is 12.3. The first-order chi connectivity index (χ1) is 12.9. The fourth-order valence-electron chi connectivity index (χ4n) is 2.67. The van der Waals surface area contributed by atoms with Gasteiger partial charge in [0.15, 0.2) is 0 Å². The van der Waals surface area contributed by atoms with Gasteiger partial charge in [0.2, 0.25) is 17.7 Å². The molecule has 0 fully saturated rings. The molecule has 0 saturated carbocycles. The summed E-state index contributed by atoms with van der Waals surface area (Å²) in [5.74, 6) is -1.26. The SMILES string of the molecule is CCCCCCCC(=O)N[C@H](CC(N)=O)C(=O)NCCc1ccc(Cl)cc1. The van der Waals surface area contributed by atoms with Gasteiger partial charge in [-0.25, -0.2) is 0 Å². The minimum atomic E-state index is -0.934.